The molecular formula is C22H21N3O7. The van der Waals surface area contributed by atoms with Crippen molar-refractivity contribution in [3.8, 4) is 0 Å². The molecule has 0 N–H and O–H groups in total. The third-order valence-electron chi connectivity index (χ3n) is 5.21. The summed E-state index contributed by atoms with van der Waals surface area (Å²) < 4.78 is 4.64. The molecule has 3 amide bonds. The maximum absolute atomic E-state index is 13.3. The minimum atomic E-state index is -1.23. The number of fused-ring (bicyclic) bond motifs is 1. The Morgan fingerprint density at radius 2 is 1.78 bits per heavy atom. The maximum Gasteiger partial charge on any atom is 0.307 e. The minimum Gasteiger partial charge on any atom is -0.469 e. The second-order valence-electron chi connectivity index (χ2n) is 7.18. The molecule has 1 aliphatic rings. The second kappa shape index (κ2) is 9.38. The van der Waals surface area contributed by atoms with Gasteiger partial charge in [0.1, 0.15) is 11.6 Å². The number of carbonyl (C=O) groups excluding carboxylic acids is 4. The van der Waals surface area contributed by atoms with E-state index in [0.717, 1.165) is 16.5 Å². The van der Waals surface area contributed by atoms with E-state index >= 15 is 0 Å². The van der Waals surface area contributed by atoms with E-state index in [2.05, 4.69) is 4.74 Å². The average molecular weight is 439 g/mol. The first-order chi connectivity index (χ1) is 15.3. The molecule has 0 fully saturated rings. The van der Waals surface area contributed by atoms with E-state index in [1.54, 1.807) is 24.3 Å². The number of esters is 1. The van der Waals surface area contributed by atoms with Crippen molar-refractivity contribution in [3.63, 3.8) is 0 Å². The molecule has 1 heterocycles. The number of imide groups is 1. The van der Waals surface area contributed by atoms with Crippen LogP contribution in [0.25, 0.3) is 0 Å². The Balaban J connectivity index is 1.88. The molecule has 0 aromatic heterocycles. The number of hydrogen-bond donors (Lipinski definition) is 0. The van der Waals surface area contributed by atoms with Crippen molar-refractivity contribution >= 4 is 29.4 Å². The van der Waals surface area contributed by atoms with Crippen LogP contribution in [-0.4, -0.2) is 58.1 Å². The number of amides is 3. The van der Waals surface area contributed by atoms with Gasteiger partial charge in [0.15, 0.2) is 0 Å². The number of hydrogen-bond acceptors (Lipinski definition) is 7. The highest BCUT2D eigenvalue weighted by Crippen LogP contribution is 2.32. The van der Waals surface area contributed by atoms with E-state index in [0.29, 0.717) is 0 Å². The van der Waals surface area contributed by atoms with Gasteiger partial charge in [-0.25, -0.2) is 0 Å². The zero-order valence-corrected chi connectivity index (χ0v) is 17.5. The van der Waals surface area contributed by atoms with Crippen LogP contribution in [0, 0.1) is 10.1 Å². The first kappa shape index (κ1) is 22.6. The molecular weight excluding hydrogens is 418 g/mol. The van der Waals surface area contributed by atoms with Crippen LogP contribution < -0.4 is 0 Å². The summed E-state index contributed by atoms with van der Waals surface area (Å²) in [5.41, 5.74) is -0.148. The van der Waals surface area contributed by atoms with Gasteiger partial charge < -0.3 is 9.64 Å². The van der Waals surface area contributed by atoms with Gasteiger partial charge in [-0.1, -0.05) is 36.4 Å². The van der Waals surface area contributed by atoms with Crippen LogP contribution in [0.2, 0.25) is 0 Å². The van der Waals surface area contributed by atoms with Crippen molar-refractivity contribution in [2.24, 2.45) is 0 Å². The Labute approximate surface area is 183 Å². The molecule has 2 aromatic rings. The van der Waals surface area contributed by atoms with Crippen molar-refractivity contribution < 1.29 is 28.8 Å². The lowest BCUT2D eigenvalue weighted by molar-refractivity contribution is -0.385. The van der Waals surface area contributed by atoms with Crippen LogP contribution in [0.4, 0.5) is 5.69 Å². The summed E-state index contributed by atoms with van der Waals surface area (Å²) in [6, 6.07) is 11.5. The van der Waals surface area contributed by atoms with Crippen LogP contribution in [-0.2, 0) is 20.9 Å². The number of rotatable bonds is 8. The summed E-state index contributed by atoms with van der Waals surface area (Å²) in [5, 5.41) is 11.3. The van der Waals surface area contributed by atoms with Gasteiger partial charge in [0.25, 0.3) is 17.5 Å². The zero-order chi connectivity index (χ0) is 23.4. The predicted octanol–water partition coefficient (Wildman–Crippen LogP) is 2.17. The summed E-state index contributed by atoms with van der Waals surface area (Å²) in [6.07, 6.45) is -0.0740. The monoisotopic (exact) mass is 439 g/mol. The van der Waals surface area contributed by atoms with E-state index in [1.807, 2.05) is 6.07 Å². The maximum atomic E-state index is 13.3. The normalized spacial score (nSPS) is 13.5. The quantitative estimate of drug-likeness (QED) is 0.267. The van der Waals surface area contributed by atoms with Gasteiger partial charge in [-0.2, -0.15) is 0 Å². The summed E-state index contributed by atoms with van der Waals surface area (Å²) in [7, 11) is 1.24. The average Bonchev–Trinajstić information content (AvgIpc) is 3.06. The molecule has 166 valence electrons. The molecule has 0 saturated carbocycles. The first-order valence-electron chi connectivity index (χ1n) is 9.81. The number of benzene rings is 2. The summed E-state index contributed by atoms with van der Waals surface area (Å²) in [4.78, 5) is 63.4. The van der Waals surface area contributed by atoms with Gasteiger partial charge >= 0.3 is 5.97 Å². The van der Waals surface area contributed by atoms with E-state index in [1.165, 1.54) is 31.1 Å². The van der Waals surface area contributed by atoms with Crippen LogP contribution in [0.15, 0.2) is 48.5 Å². The Bertz CT molecular complexity index is 1080. The lowest BCUT2D eigenvalue weighted by atomic mass is 10.1. The minimum absolute atomic E-state index is 0.00799. The zero-order valence-electron chi connectivity index (χ0n) is 17.5. The number of nitro groups is 1. The lowest BCUT2D eigenvalue weighted by Gasteiger charge is -2.29. The summed E-state index contributed by atoms with van der Waals surface area (Å²) in [5.74, 6) is -2.76. The SMILES string of the molecule is COC(=O)CCN(Cc1ccccc1)C(=O)C(C)N1C(=O)c2cccc([N+](=O)[O-])c2C1=O. The Morgan fingerprint density at radius 1 is 1.09 bits per heavy atom. The Hall–Kier alpha value is -4.08. The van der Waals surface area contributed by atoms with E-state index < -0.39 is 40.3 Å². The molecule has 10 nitrogen and oxygen atoms in total. The number of methoxy groups -OCH3 is 1. The standard InChI is InChI=1S/C22H21N3O7/c1-14(24-21(28)16-9-6-10-17(25(30)31)19(16)22(24)29)20(27)23(12-11-18(26)32-2)13-15-7-4-3-5-8-15/h3-10,14H,11-13H2,1-2H3. The highest BCUT2D eigenvalue weighted by molar-refractivity contribution is 6.24. The highest BCUT2D eigenvalue weighted by Gasteiger charge is 2.45. The van der Waals surface area contributed by atoms with Crippen molar-refractivity contribution in [2.75, 3.05) is 13.7 Å². The fourth-order valence-corrected chi connectivity index (χ4v) is 3.56. The number of nitro benzene ring substituents is 1. The van der Waals surface area contributed by atoms with Crippen molar-refractivity contribution in [1.29, 1.82) is 0 Å². The van der Waals surface area contributed by atoms with Crippen LogP contribution in [0.3, 0.4) is 0 Å². The molecule has 0 bridgehead atoms. The second-order valence-corrected chi connectivity index (χ2v) is 7.18. The van der Waals surface area contributed by atoms with Gasteiger partial charge in [-0.05, 0) is 18.6 Å². The molecule has 1 aliphatic heterocycles. The molecule has 0 saturated heterocycles. The van der Waals surface area contributed by atoms with E-state index in [9.17, 15) is 29.3 Å². The fourth-order valence-electron chi connectivity index (χ4n) is 3.56. The number of ether oxygens (including phenoxy) is 1. The van der Waals surface area contributed by atoms with Gasteiger partial charge in [0.2, 0.25) is 5.91 Å². The van der Waals surface area contributed by atoms with Crippen molar-refractivity contribution in [3.05, 3.63) is 75.3 Å². The molecule has 1 atom stereocenters. The van der Waals surface area contributed by atoms with Crippen LogP contribution >= 0.6 is 0 Å². The lowest BCUT2D eigenvalue weighted by Crippen LogP contribution is -2.49. The summed E-state index contributed by atoms with van der Waals surface area (Å²) in [6.45, 7) is 1.53. The Morgan fingerprint density at radius 3 is 2.41 bits per heavy atom. The van der Waals surface area contributed by atoms with Crippen LogP contribution in [0.1, 0.15) is 39.6 Å². The van der Waals surface area contributed by atoms with Gasteiger partial charge in [0, 0.05) is 19.2 Å². The van der Waals surface area contributed by atoms with Gasteiger partial charge in [-0.15, -0.1) is 0 Å². The topological polar surface area (TPSA) is 127 Å². The number of nitrogens with zero attached hydrogens (tertiary/aromatic N) is 3. The predicted molar refractivity (Wildman–Crippen MR) is 112 cm³/mol. The first-order valence-corrected chi connectivity index (χ1v) is 9.81. The van der Waals surface area contributed by atoms with Crippen molar-refractivity contribution in [1.82, 2.24) is 9.80 Å². The van der Waals surface area contributed by atoms with E-state index in [-0.39, 0.29) is 30.6 Å². The molecule has 0 spiro atoms. The Kier molecular flexibility index (Phi) is 6.62. The molecule has 1 unspecified atom stereocenters. The van der Waals surface area contributed by atoms with E-state index in [4.69, 9.17) is 0 Å². The molecule has 2 aromatic carbocycles. The van der Waals surface area contributed by atoms with Gasteiger partial charge in [0.05, 0.1) is 24.0 Å². The smallest absolute Gasteiger partial charge is 0.307 e. The summed E-state index contributed by atoms with van der Waals surface area (Å²) >= 11 is 0. The molecule has 0 aliphatic carbocycles. The third kappa shape index (κ3) is 4.34. The van der Waals surface area contributed by atoms with Crippen LogP contribution in [0.5, 0.6) is 0 Å². The fraction of sp³-hybridized carbons (Fsp3) is 0.273. The number of carbonyl (C=O) groups is 4. The van der Waals surface area contributed by atoms with Crippen molar-refractivity contribution in [2.45, 2.75) is 25.9 Å². The highest BCUT2D eigenvalue weighted by atomic mass is 16.6. The third-order valence-corrected chi connectivity index (χ3v) is 5.21. The molecule has 10 heteroatoms. The molecule has 32 heavy (non-hydrogen) atoms. The molecule has 0 radical (unpaired) electrons. The molecule has 3 rings (SSSR count). The van der Waals surface area contributed by atoms with Gasteiger partial charge in [-0.3, -0.25) is 34.2 Å². The largest absolute Gasteiger partial charge is 0.469 e.